The SMILES string of the molecule is O=C(NC(CS(=O)(=O)NC1CCC1)C(=O)N1CCCC(F)(F)C1)c1cc(-c2ccccc2C(F)(F)F)n(C2CCCC2)n1. The fraction of sp³-hybridized carbons (Fsp3) is 0.607. The van der Waals surface area contributed by atoms with Crippen molar-refractivity contribution in [3.8, 4) is 11.3 Å². The molecule has 2 heterocycles. The predicted octanol–water partition coefficient (Wildman–Crippen LogP) is 4.51. The highest BCUT2D eigenvalue weighted by Gasteiger charge is 2.41. The third-order valence-corrected chi connectivity index (χ3v) is 9.76. The maximum atomic E-state index is 14.1. The lowest BCUT2D eigenvalue weighted by molar-refractivity contribution is -0.143. The minimum atomic E-state index is -4.68. The molecular formula is C28H34F5N5O4S. The van der Waals surface area contributed by atoms with Gasteiger partial charge in [-0.05, 0) is 44.2 Å². The molecule has 1 atom stereocenters. The van der Waals surface area contributed by atoms with Crippen LogP contribution in [0.5, 0.6) is 0 Å². The van der Waals surface area contributed by atoms with Crippen LogP contribution in [-0.2, 0) is 21.0 Å². The first-order valence-corrected chi connectivity index (χ1v) is 16.1. The molecule has 0 bridgehead atoms. The quantitative estimate of drug-likeness (QED) is 0.396. The topological polar surface area (TPSA) is 113 Å². The third kappa shape index (κ3) is 7.36. The van der Waals surface area contributed by atoms with Crippen molar-refractivity contribution in [1.82, 2.24) is 24.7 Å². The van der Waals surface area contributed by atoms with Crippen molar-refractivity contribution in [2.75, 3.05) is 18.8 Å². The van der Waals surface area contributed by atoms with Crippen molar-refractivity contribution in [2.45, 2.75) is 88.0 Å². The Kier molecular flexibility index (Phi) is 8.85. The minimum absolute atomic E-state index is 0.000247. The summed E-state index contributed by atoms with van der Waals surface area (Å²) in [5.41, 5.74) is -1.34. The van der Waals surface area contributed by atoms with Crippen LogP contribution in [0.2, 0.25) is 0 Å². The Morgan fingerprint density at radius 3 is 2.37 bits per heavy atom. The molecule has 1 aromatic carbocycles. The number of likely N-dealkylation sites (tertiary alicyclic amines) is 1. The molecule has 2 N–H and O–H groups in total. The van der Waals surface area contributed by atoms with Crippen LogP contribution in [0.4, 0.5) is 22.0 Å². The Balaban J connectivity index is 1.46. The third-order valence-electron chi connectivity index (χ3n) is 8.29. The van der Waals surface area contributed by atoms with E-state index < -0.39 is 64.3 Å². The molecule has 1 aromatic heterocycles. The standard InChI is InChI=1S/C28H34F5N5O4S/c29-27(30)13-6-14-37(17-27)26(40)23(16-43(41,42)36-18-7-5-8-18)34-25(39)22-15-24(38(35-22)19-9-1-2-10-19)20-11-3-4-12-21(20)28(31,32)33/h3-4,11-12,15,18-19,23,36H,1-2,5-10,13-14,16-17H2,(H,34,39). The number of carbonyl (C=O) groups is 2. The number of rotatable bonds is 9. The highest BCUT2D eigenvalue weighted by Crippen LogP contribution is 2.40. The highest BCUT2D eigenvalue weighted by molar-refractivity contribution is 7.89. The summed E-state index contributed by atoms with van der Waals surface area (Å²) in [6.45, 7) is -0.950. The van der Waals surface area contributed by atoms with E-state index in [9.17, 15) is 40.0 Å². The van der Waals surface area contributed by atoms with Gasteiger partial charge < -0.3 is 10.2 Å². The molecule has 1 saturated heterocycles. The van der Waals surface area contributed by atoms with Gasteiger partial charge in [-0.15, -0.1) is 0 Å². The van der Waals surface area contributed by atoms with Crippen molar-refractivity contribution >= 4 is 21.8 Å². The lowest BCUT2D eigenvalue weighted by Gasteiger charge is -2.35. The van der Waals surface area contributed by atoms with Crippen LogP contribution in [0.3, 0.4) is 0 Å². The number of alkyl halides is 5. The molecule has 1 aliphatic heterocycles. The molecule has 0 spiro atoms. The smallest absolute Gasteiger partial charge is 0.338 e. The van der Waals surface area contributed by atoms with Crippen LogP contribution in [0.25, 0.3) is 11.3 Å². The summed E-state index contributed by atoms with van der Waals surface area (Å²) < 4.78 is 99.7. The van der Waals surface area contributed by atoms with Gasteiger partial charge >= 0.3 is 6.18 Å². The second-order valence-corrected chi connectivity index (χ2v) is 13.4. The highest BCUT2D eigenvalue weighted by atomic mass is 32.2. The molecule has 3 fully saturated rings. The number of nitrogens with zero attached hydrogens (tertiary/aromatic N) is 3. The van der Waals surface area contributed by atoms with Gasteiger partial charge in [0.1, 0.15) is 6.04 Å². The van der Waals surface area contributed by atoms with Gasteiger partial charge in [0.2, 0.25) is 15.9 Å². The van der Waals surface area contributed by atoms with Crippen LogP contribution in [0, 0.1) is 0 Å². The second-order valence-electron chi connectivity index (χ2n) is 11.6. The Hall–Kier alpha value is -3.07. The number of benzene rings is 1. The lowest BCUT2D eigenvalue weighted by Crippen LogP contribution is -2.57. The van der Waals surface area contributed by atoms with E-state index >= 15 is 0 Å². The summed E-state index contributed by atoms with van der Waals surface area (Å²) in [5.74, 6) is -6.02. The van der Waals surface area contributed by atoms with Gasteiger partial charge in [0.15, 0.2) is 5.69 Å². The van der Waals surface area contributed by atoms with Gasteiger partial charge in [0.25, 0.3) is 11.8 Å². The van der Waals surface area contributed by atoms with Crippen LogP contribution in [0.1, 0.15) is 79.9 Å². The van der Waals surface area contributed by atoms with Gasteiger partial charge in [0, 0.05) is 24.6 Å². The number of amides is 2. The van der Waals surface area contributed by atoms with Crippen molar-refractivity contribution in [3.05, 3.63) is 41.6 Å². The first kappa shape index (κ1) is 31.4. The minimum Gasteiger partial charge on any atom is -0.338 e. The predicted molar refractivity (Wildman–Crippen MR) is 147 cm³/mol. The van der Waals surface area contributed by atoms with E-state index in [0.29, 0.717) is 25.7 Å². The number of piperidine rings is 1. The van der Waals surface area contributed by atoms with Crippen LogP contribution < -0.4 is 10.0 Å². The summed E-state index contributed by atoms with van der Waals surface area (Å²) >= 11 is 0. The summed E-state index contributed by atoms with van der Waals surface area (Å²) in [4.78, 5) is 27.7. The molecule has 5 rings (SSSR count). The fourth-order valence-electron chi connectivity index (χ4n) is 5.92. The van der Waals surface area contributed by atoms with Crippen molar-refractivity contribution < 1.29 is 40.0 Å². The maximum absolute atomic E-state index is 14.1. The number of hydrogen-bond donors (Lipinski definition) is 2. The number of halogens is 5. The average Bonchev–Trinajstić information content (AvgIpc) is 3.59. The van der Waals surface area contributed by atoms with Gasteiger partial charge in [-0.25, -0.2) is 21.9 Å². The van der Waals surface area contributed by atoms with Crippen molar-refractivity contribution in [3.63, 3.8) is 0 Å². The molecule has 3 aliphatic rings. The zero-order chi connectivity index (χ0) is 31.0. The molecule has 9 nitrogen and oxygen atoms in total. The van der Waals surface area contributed by atoms with E-state index in [2.05, 4.69) is 15.1 Å². The Bertz CT molecular complexity index is 1450. The summed E-state index contributed by atoms with van der Waals surface area (Å²) in [6.07, 6.45) is -0.107. The number of hydrogen-bond acceptors (Lipinski definition) is 5. The maximum Gasteiger partial charge on any atom is 0.417 e. The van der Waals surface area contributed by atoms with Crippen molar-refractivity contribution in [1.29, 1.82) is 0 Å². The number of sulfonamides is 1. The Morgan fingerprint density at radius 2 is 1.74 bits per heavy atom. The molecule has 43 heavy (non-hydrogen) atoms. The molecule has 2 saturated carbocycles. The van der Waals surface area contributed by atoms with E-state index in [-0.39, 0.29) is 42.0 Å². The second kappa shape index (κ2) is 12.1. The van der Waals surface area contributed by atoms with Crippen LogP contribution >= 0.6 is 0 Å². The van der Waals surface area contributed by atoms with E-state index in [0.717, 1.165) is 30.2 Å². The van der Waals surface area contributed by atoms with E-state index in [1.54, 1.807) is 0 Å². The summed E-state index contributed by atoms with van der Waals surface area (Å²) in [6, 6.07) is 3.82. The molecule has 2 aromatic rings. The molecule has 1 unspecified atom stereocenters. The first-order valence-electron chi connectivity index (χ1n) is 14.5. The molecular weight excluding hydrogens is 597 g/mol. The average molecular weight is 632 g/mol. The van der Waals surface area contributed by atoms with E-state index in [4.69, 9.17) is 0 Å². The van der Waals surface area contributed by atoms with Crippen LogP contribution in [0.15, 0.2) is 30.3 Å². The van der Waals surface area contributed by atoms with Gasteiger partial charge in [-0.3, -0.25) is 14.3 Å². The zero-order valence-electron chi connectivity index (χ0n) is 23.4. The summed E-state index contributed by atoms with van der Waals surface area (Å²) in [7, 11) is -4.11. The summed E-state index contributed by atoms with van der Waals surface area (Å²) in [5, 5.41) is 6.69. The molecule has 2 amide bonds. The molecule has 15 heteroatoms. The molecule has 236 valence electrons. The number of aromatic nitrogens is 2. The Morgan fingerprint density at radius 1 is 1.05 bits per heavy atom. The lowest BCUT2D eigenvalue weighted by atomic mass is 9.94. The van der Waals surface area contributed by atoms with Gasteiger partial charge in [-0.1, -0.05) is 37.5 Å². The number of carbonyl (C=O) groups excluding carboxylic acids is 2. The monoisotopic (exact) mass is 631 g/mol. The zero-order valence-corrected chi connectivity index (χ0v) is 24.2. The molecule has 2 aliphatic carbocycles. The van der Waals surface area contributed by atoms with Crippen molar-refractivity contribution in [2.24, 2.45) is 0 Å². The van der Waals surface area contributed by atoms with E-state index in [1.165, 1.54) is 28.9 Å². The van der Waals surface area contributed by atoms with Gasteiger partial charge in [-0.2, -0.15) is 18.3 Å². The Labute approximate surface area is 246 Å². The normalized spacial score (nSPS) is 20.5. The first-order chi connectivity index (χ1) is 20.2. The van der Waals surface area contributed by atoms with E-state index in [1.807, 2.05) is 0 Å². The van der Waals surface area contributed by atoms with Gasteiger partial charge in [0.05, 0.1) is 29.6 Å². The number of nitrogens with one attached hydrogen (secondary N) is 2. The molecule has 0 radical (unpaired) electrons. The largest absolute Gasteiger partial charge is 0.417 e. The van der Waals surface area contributed by atoms with Crippen LogP contribution in [-0.4, -0.2) is 71.8 Å². The fourth-order valence-corrected chi connectivity index (χ4v) is 7.42.